The highest BCUT2D eigenvalue weighted by atomic mass is 32.1. The summed E-state index contributed by atoms with van der Waals surface area (Å²) in [6, 6.07) is 8.21. The van der Waals surface area contributed by atoms with E-state index in [0.29, 0.717) is 10.7 Å². The van der Waals surface area contributed by atoms with E-state index in [0.717, 1.165) is 24.5 Å². The number of halogens is 1. The van der Waals surface area contributed by atoms with E-state index in [-0.39, 0.29) is 11.4 Å². The van der Waals surface area contributed by atoms with Crippen molar-refractivity contribution in [3.63, 3.8) is 0 Å². The molecule has 1 aliphatic rings. The van der Waals surface area contributed by atoms with E-state index in [9.17, 15) is 9.18 Å². The lowest BCUT2D eigenvalue weighted by Gasteiger charge is -2.15. The molecule has 144 valence electrons. The predicted molar refractivity (Wildman–Crippen MR) is 108 cm³/mol. The Bertz CT molecular complexity index is 984. The third kappa shape index (κ3) is 3.82. The molecular weight excluding hydrogens is 379 g/mol. The zero-order valence-electron chi connectivity index (χ0n) is 15.3. The minimum Gasteiger partial charge on any atom is -0.494 e. The summed E-state index contributed by atoms with van der Waals surface area (Å²) in [5.41, 5.74) is 1.48. The van der Waals surface area contributed by atoms with Gasteiger partial charge in [0.1, 0.15) is 16.5 Å². The molecule has 1 fully saturated rings. The van der Waals surface area contributed by atoms with Crippen LogP contribution in [0, 0.1) is 5.82 Å². The van der Waals surface area contributed by atoms with Gasteiger partial charge >= 0.3 is 0 Å². The molecule has 3 heterocycles. The van der Waals surface area contributed by atoms with Crippen molar-refractivity contribution < 1.29 is 13.9 Å². The molecule has 1 aliphatic heterocycles. The summed E-state index contributed by atoms with van der Waals surface area (Å²) in [5.74, 6) is 0.160. The number of carbonyl (C=O) groups is 1. The Balaban J connectivity index is 1.46. The Labute approximate surface area is 166 Å². The lowest BCUT2D eigenvalue weighted by Crippen LogP contribution is -2.18. The molecule has 0 spiro atoms. The molecule has 0 bridgehead atoms. The molecule has 1 amide bonds. The van der Waals surface area contributed by atoms with Gasteiger partial charge in [0.15, 0.2) is 11.6 Å². The molecule has 8 heteroatoms. The molecule has 0 unspecified atom stereocenters. The fraction of sp³-hybridized carbons (Fsp3) is 0.250. The number of nitrogens with zero attached hydrogens (tertiary/aromatic N) is 3. The summed E-state index contributed by atoms with van der Waals surface area (Å²) < 4.78 is 18.6. The maximum Gasteiger partial charge on any atom is 0.275 e. The third-order valence-electron chi connectivity index (χ3n) is 4.57. The van der Waals surface area contributed by atoms with Crippen molar-refractivity contribution in [3.05, 3.63) is 53.4 Å². The maximum atomic E-state index is 13.8. The zero-order valence-corrected chi connectivity index (χ0v) is 16.1. The smallest absolute Gasteiger partial charge is 0.275 e. The number of benzene rings is 1. The molecule has 0 atom stereocenters. The Morgan fingerprint density at radius 1 is 1.25 bits per heavy atom. The summed E-state index contributed by atoms with van der Waals surface area (Å²) in [7, 11) is 1.39. The van der Waals surface area contributed by atoms with E-state index >= 15 is 0 Å². The van der Waals surface area contributed by atoms with Crippen LogP contribution < -0.4 is 15.0 Å². The summed E-state index contributed by atoms with van der Waals surface area (Å²) in [5, 5.41) is 5.04. The second-order valence-corrected chi connectivity index (χ2v) is 7.30. The average Bonchev–Trinajstić information content (AvgIpc) is 3.41. The molecule has 6 nitrogen and oxygen atoms in total. The highest BCUT2D eigenvalue weighted by Crippen LogP contribution is 2.26. The number of aromatic nitrogens is 2. The number of hydrogen-bond acceptors (Lipinski definition) is 6. The van der Waals surface area contributed by atoms with Gasteiger partial charge in [-0.3, -0.25) is 4.79 Å². The van der Waals surface area contributed by atoms with Crippen molar-refractivity contribution in [2.75, 3.05) is 30.4 Å². The standard InChI is InChI=1S/C20H19FN4O2S/c1-27-17-6-5-14(10-15(17)21)23-19(26)16-12-28-20(24-16)13-4-7-18(22-11-13)25-8-2-3-9-25/h4-7,10-12H,2-3,8-9H2,1H3,(H,23,26). The highest BCUT2D eigenvalue weighted by molar-refractivity contribution is 7.13. The van der Waals surface area contributed by atoms with Gasteiger partial charge in [-0.1, -0.05) is 0 Å². The summed E-state index contributed by atoms with van der Waals surface area (Å²) in [4.78, 5) is 23.6. The molecule has 28 heavy (non-hydrogen) atoms. The number of rotatable bonds is 5. The van der Waals surface area contributed by atoms with Crippen LogP contribution in [0.1, 0.15) is 23.3 Å². The molecule has 0 saturated carbocycles. The predicted octanol–water partition coefficient (Wildman–Crippen LogP) is 4.21. The minimum atomic E-state index is -0.538. The first-order valence-electron chi connectivity index (χ1n) is 8.96. The van der Waals surface area contributed by atoms with Gasteiger partial charge < -0.3 is 15.0 Å². The second kappa shape index (κ2) is 7.93. The lowest BCUT2D eigenvalue weighted by atomic mass is 10.2. The third-order valence-corrected chi connectivity index (χ3v) is 5.46. The number of anilines is 2. The van der Waals surface area contributed by atoms with Crippen LogP contribution >= 0.6 is 11.3 Å². The normalized spacial score (nSPS) is 13.6. The quantitative estimate of drug-likeness (QED) is 0.698. The molecule has 2 aromatic heterocycles. The maximum absolute atomic E-state index is 13.8. The minimum absolute atomic E-state index is 0.124. The Hall–Kier alpha value is -3.00. The monoisotopic (exact) mass is 398 g/mol. The number of nitrogens with one attached hydrogen (secondary N) is 1. The van der Waals surface area contributed by atoms with Crippen LogP contribution in [0.3, 0.4) is 0 Å². The number of methoxy groups -OCH3 is 1. The topological polar surface area (TPSA) is 67.3 Å². The van der Waals surface area contributed by atoms with Crippen LogP contribution in [0.4, 0.5) is 15.9 Å². The van der Waals surface area contributed by atoms with Crippen LogP contribution in [0.25, 0.3) is 10.6 Å². The van der Waals surface area contributed by atoms with Crippen molar-refractivity contribution in [2.24, 2.45) is 0 Å². The number of hydrogen-bond donors (Lipinski definition) is 1. The molecule has 0 radical (unpaired) electrons. The number of pyridine rings is 1. The van der Waals surface area contributed by atoms with Gasteiger partial charge in [-0.2, -0.15) is 0 Å². The largest absolute Gasteiger partial charge is 0.494 e. The molecule has 0 aliphatic carbocycles. The van der Waals surface area contributed by atoms with Crippen LogP contribution in [0.5, 0.6) is 5.75 Å². The Kier molecular flexibility index (Phi) is 5.21. The fourth-order valence-electron chi connectivity index (χ4n) is 3.10. The fourth-order valence-corrected chi connectivity index (χ4v) is 3.89. The van der Waals surface area contributed by atoms with Gasteiger partial charge in [0, 0.05) is 42.0 Å². The van der Waals surface area contributed by atoms with E-state index < -0.39 is 11.7 Å². The van der Waals surface area contributed by atoms with Crippen molar-refractivity contribution in [1.82, 2.24) is 9.97 Å². The van der Waals surface area contributed by atoms with E-state index in [2.05, 4.69) is 20.2 Å². The van der Waals surface area contributed by atoms with Gasteiger partial charge in [0.05, 0.1) is 7.11 Å². The summed E-state index contributed by atoms with van der Waals surface area (Å²) in [6.45, 7) is 2.08. The average molecular weight is 398 g/mol. The summed E-state index contributed by atoms with van der Waals surface area (Å²) in [6.07, 6.45) is 4.19. The summed E-state index contributed by atoms with van der Waals surface area (Å²) >= 11 is 1.37. The van der Waals surface area contributed by atoms with Gasteiger partial charge in [-0.15, -0.1) is 11.3 Å². The highest BCUT2D eigenvalue weighted by Gasteiger charge is 2.16. The second-order valence-electron chi connectivity index (χ2n) is 6.44. The van der Waals surface area contributed by atoms with E-state index in [4.69, 9.17) is 4.74 Å². The van der Waals surface area contributed by atoms with Crippen molar-refractivity contribution in [1.29, 1.82) is 0 Å². The van der Waals surface area contributed by atoms with Gasteiger partial charge in [-0.25, -0.2) is 14.4 Å². The molecule has 1 N–H and O–H groups in total. The van der Waals surface area contributed by atoms with Crippen molar-refractivity contribution >= 4 is 28.7 Å². The first-order valence-corrected chi connectivity index (χ1v) is 9.84. The van der Waals surface area contributed by atoms with E-state index in [1.54, 1.807) is 17.6 Å². The Morgan fingerprint density at radius 3 is 2.75 bits per heavy atom. The first kappa shape index (κ1) is 18.4. The number of amides is 1. The number of thiazole rings is 1. The molecular formula is C20H19FN4O2S. The van der Waals surface area contributed by atoms with Crippen molar-refractivity contribution in [2.45, 2.75) is 12.8 Å². The van der Waals surface area contributed by atoms with Crippen LogP contribution in [-0.2, 0) is 0 Å². The van der Waals surface area contributed by atoms with Gasteiger partial charge in [0.2, 0.25) is 0 Å². The van der Waals surface area contributed by atoms with E-state index in [1.165, 1.54) is 43.4 Å². The van der Waals surface area contributed by atoms with Crippen LogP contribution in [0.2, 0.25) is 0 Å². The Morgan fingerprint density at radius 2 is 2.07 bits per heavy atom. The molecule has 3 aromatic rings. The first-order chi connectivity index (χ1) is 13.6. The van der Waals surface area contributed by atoms with Crippen molar-refractivity contribution in [3.8, 4) is 16.3 Å². The van der Waals surface area contributed by atoms with E-state index in [1.807, 2.05) is 12.1 Å². The van der Waals surface area contributed by atoms with Gasteiger partial charge in [0.25, 0.3) is 5.91 Å². The SMILES string of the molecule is COc1ccc(NC(=O)c2csc(-c3ccc(N4CCCC4)nc3)n2)cc1F. The van der Waals surface area contributed by atoms with Crippen LogP contribution in [0.15, 0.2) is 41.9 Å². The molecule has 1 aromatic carbocycles. The zero-order chi connectivity index (χ0) is 19.5. The number of carbonyl (C=O) groups excluding carboxylic acids is 1. The van der Waals surface area contributed by atoms with Crippen LogP contribution in [-0.4, -0.2) is 36.1 Å². The number of ether oxygens (including phenoxy) is 1. The molecule has 4 rings (SSSR count). The molecule has 1 saturated heterocycles. The lowest BCUT2D eigenvalue weighted by molar-refractivity contribution is 0.102. The van der Waals surface area contributed by atoms with Gasteiger partial charge in [-0.05, 0) is 37.1 Å².